The van der Waals surface area contributed by atoms with Crippen LogP contribution in [0, 0.1) is 13.8 Å². The molecule has 0 unspecified atom stereocenters. The summed E-state index contributed by atoms with van der Waals surface area (Å²) in [4.78, 5) is 37.5. The van der Waals surface area contributed by atoms with E-state index in [0.29, 0.717) is 12.8 Å². The standard InChI is InChI=1S/C18H24N2O4/c1-5-18(6-2)16(22)20(17(23)19-18)10-15(21)24-11-14-9-12(3)7-8-13(14)4/h7-9H,5-6,10-11H2,1-4H3,(H,19,23). The zero-order chi connectivity index (χ0) is 17.9. The van der Waals surface area contributed by atoms with Crippen LogP contribution < -0.4 is 5.32 Å². The van der Waals surface area contributed by atoms with Crippen LogP contribution >= 0.6 is 0 Å². The number of carbonyl (C=O) groups is 3. The summed E-state index contributed by atoms with van der Waals surface area (Å²) in [6.45, 7) is 7.35. The molecule has 1 fully saturated rings. The minimum atomic E-state index is -0.898. The van der Waals surface area contributed by atoms with E-state index in [-0.39, 0.29) is 19.1 Å². The van der Waals surface area contributed by atoms with E-state index in [9.17, 15) is 14.4 Å². The number of urea groups is 1. The fourth-order valence-corrected chi connectivity index (χ4v) is 2.84. The van der Waals surface area contributed by atoms with Crippen molar-refractivity contribution in [2.24, 2.45) is 0 Å². The van der Waals surface area contributed by atoms with E-state index < -0.39 is 17.5 Å². The lowest BCUT2D eigenvalue weighted by Gasteiger charge is -2.22. The van der Waals surface area contributed by atoms with Gasteiger partial charge in [-0.05, 0) is 37.8 Å². The monoisotopic (exact) mass is 332 g/mol. The molecule has 0 bridgehead atoms. The largest absolute Gasteiger partial charge is 0.459 e. The van der Waals surface area contributed by atoms with Crippen molar-refractivity contribution in [1.29, 1.82) is 0 Å². The van der Waals surface area contributed by atoms with Crippen LogP contribution in [0.3, 0.4) is 0 Å². The van der Waals surface area contributed by atoms with Crippen LogP contribution in [0.15, 0.2) is 18.2 Å². The van der Waals surface area contributed by atoms with E-state index in [2.05, 4.69) is 5.32 Å². The molecule has 0 spiro atoms. The third kappa shape index (κ3) is 3.42. The summed E-state index contributed by atoms with van der Waals surface area (Å²) >= 11 is 0. The van der Waals surface area contributed by atoms with Gasteiger partial charge in [-0.3, -0.25) is 14.5 Å². The molecule has 0 atom stereocenters. The Bertz CT molecular complexity index is 665. The normalized spacial score (nSPS) is 16.2. The van der Waals surface area contributed by atoms with Gasteiger partial charge in [0, 0.05) is 0 Å². The first-order valence-electron chi connectivity index (χ1n) is 8.19. The number of imide groups is 1. The van der Waals surface area contributed by atoms with Gasteiger partial charge in [0.1, 0.15) is 18.7 Å². The van der Waals surface area contributed by atoms with Crippen molar-refractivity contribution >= 4 is 17.9 Å². The maximum absolute atomic E-state index is 12.4. The van der Waals surface area contributed by atoms with Crippen LogP contribution in [0.5, 0.6) is 0 Å². The highest BCUT2D eigenvalue weighted by atomic mass is 16.5. The molecule has 1 saturated heterocycles. The molecule has 1 aliphatic rings. The van der Waals surface area contributed by atoms with Crippen molar-refractivity contribution < 1.29 is 19.1 Å². The number of ether oxygens (including phenoxy) is 1. The smallest absolute Gasteiger partial charge is 0.326 e. The quantitative estimate of drug-likeness (QED) is 0.641. The number of aryl methyl sites for hydroxylation is 2. The van der Waals surface area contributed by atoms with Gasteiger partial charge in [-0.25, -0.2) is 4.79 Å². The second-order valence-corrected chi connectivity index (χ2v) is 6.20. The third-order valence-electron chi connectivity index (χ3n) is 4.63. The zero-order valence-electron chi connectivity index (χ0n) is 14.6. The van der Waals surface area contributed by atoms with Crippen LogP contribution in [-0.4, -0.2) is 34.9 Å². The highest BCUT2D eigenvalue weighted by molar-refractivity contribution is 6.08. The van der Waals surface area contributed by atoms with E-state index in [4.69, 9.17) is 4.74 Å². The first kappa shape index (κ1) is 18.0. The van der Waals surface area contributed by atoms with Gasteiger partial charge in [0.05, 0.1) is 0 Å². The molecule has 0 saturated carbocycles. The molecule has 6 nitrogen and oxygen atoms in total. The predicted molar refractivity (Wildman–Crippen MR) is 89.3 cm³/mol. The van der Waals surface area contributed by atoms with E-state index in [1.54, 1.807) is 0 Å². The molecule has 0 radical (unpaired) electrons. The fraction of sp³-hybridized carbons (Fsp3) is 0.500. The molecule has 1 aliphatic heterocycles. The summed E-state index contributed by atoms with van der Waals surface area (Å²) < 4.78 is 5.25. The molecule has 6 heteroatoms. The molecule has 2 rings (SSSR count). The van der Waals surface area contributed by atoms with Gasteiger partial charge in [0.2, 0.25) is 0 Å². The third-order valence-corrected chi connectivity index (χ3v) is 4.63. The Hall–Kier alpha value is -2.37. The van der Waals surface area contributed by atoms with Gasteiger partial charge in [0.15, 0.2) is 0 Å². The Labute approximate surface area is 142 Å². The summed E-state index contributed by atoms with van der Waals surface area (Å²) in [6.07, 6.45) is 0.976. The number of nitrogens with one attached hydrogen (secondary N) is 1. The van der Waals surface area contributed by atoms with Crippen LogP contribution in [-0.2, 0) is 20.9 Å². The Morgan fingerprint density at radius 2 is 1.88 bits per heavy atom. The van der Waals surface area contributed by atoms with Crippen LogP contribution in [0.25, 0.3) is 0 Å². The molecule has 24 heavy (non-hydrogen) atoms. The lowest BCUT2D eigenvalue weighted by Crippen LogP contribution is -2.46. The van der Waals surface area contributed by atoms with E-state index >= 15 is 0 Å². The van der Waals surface area contributed by atoms with Crippen molar-refractivity contribution in [2.45, 2.75) is 52.7 Å². The summed E-state index contributed by atoms with van der Waals surface area (Å²) in [5.74, 6) is -0.955. The van der Waals surface area contributed by atoms with Gasteiger partial charge >= 0.3 is 12.0 Å². The number of hydrogen-bond acceptors (Lipinski definition) is 4. The van der Waals surface area contributed by atoms with Crippen molar-refractivity contribution in [3.8, 4) is 0 Å². The Morgan fingerprint density at radius 3 is 2.46 bits per heavy atom. The number of nitrogens with zero attached hydrogens (tertiary/aromatic N) is 1. The first-order valence-corrected chi connectivity index (χ1v) is 8.19. The molecular weight excluding hydrogens is 308 g/mol. The molecule has 0 aromatic heterocycles. The number of hydrogen-bond donors (Lipinski definition) is 1. The van der Waals surface area contributed by atoms with Gasteiger partial charge < -0.3 is 10.1 Å². The first-order chi connectivity index (χ1) is 11.3. The number of rotatable bonds is 6. The lowest BCUT2D eigenvalue weighted by molar-refractivity contribution is -0.148. The van der Waals surface area contributed by atoms with Gasteiger partial charge in [-0.15, -0.1) is 0 Å². The Kier molecular flexibility index (Phi) is 5.26. The molecule has 1 N–H and O–H groups in total. The van der Waals surface area contributed by atoms with Crippen molar-refractivity contribution in [2.75, 3.05) is 6.54 Å². The second-order valence-electron chi connectivity index (χ2n) is 6.20. The molecule has 0 aliphatic carbocycles. The van der Waals surface area contributed by atoms with Crippen molar-refractivity contribution in [1.82, 2.24) is 10.2 Å². The highest BCUT2D eigenvalue weighted by Gasteiger charge is 2.49. The number of carbonyl (C=O) groups excluding carboxylic acids is 3. The van der Waals surface area contributed by atoms with Crippen molar-refractivity contribution in [3.05, 3.63) is 34.9 Å². The van der Waals surface area contributed by atoms with Gasteiger partial charge in [0.25, 0.3) is 5.91 Å². The molecule has 1 heterocycles. The summed E-state index contributed by atoms with van der Waals surface area (Å²) in [5, 5.41) is 2.69. The number of amides is 3. The van der Waals surface area contributed by atoms with E-state index in [0.717, 1.165) is 21.6 Å². The summed E-state index contributed by atoms with van der Waals surface area (Å²) in [7, 11) is 0. The minimum absolute atomic E-state index is 0.128. The maximum Gasteiger partial charge on any atom is 0.326 e. The molecule has 1 aromatic carbocycles. The maximum atomic E-state index is 12.4. The SMILES string of the molecule is CCC1(CC)NC(=O)N(CC(=O)OCc2cc(C)ccc2C)C1=O. The molecule has 130 valence electrons. The Balaban J connectivity index is 1.99. The fourth-order valence-electron chi connectivity index (χ4n) is 2.84. The molecular formula is C18H24N2O4. The average molecular weight is 332 g/mol. The predicted octanol–water partition coefficient (Wildman–Crippen LogP) is 2.46. The van der Waals surface area contributed by atoms with Crippen LogP contribution in [0.2, 0.25) is 0 Å². The molecule has 1 aromatic rings. The molecule has 3 amide bonds. The number of esters is 1. The van der Waals surface area contributed by atoms with Crippen LogP contribution in [0.4, 0.5) is 4.79 Å². The lowest BCUT2D eigenvalue weighted by atomic mass is 9.93. The highest BCUT2D eigenvalue weighted by Crippen LogP contribution is 2.24. The van der Waals surface area contributed by atoms with Crippen molar-refractivity contribution in [3.63, 3.8) is 0 Å². The average Bonchev–Trinajstić information content (AvgIpc) is 2.80. The van der Waals surface area contributed by atoms with E-state index in [1.165, 1.54) is 0 Å². The van der Waals surface area contributed by atoms with Crippen LogP contribution in [0.1, 0.15) is 43.4 Å². The van der Waals surface area contributed by atoms with Gasteiger partial charge in [-0.1, -0.05) is 37.6 Å². The number of benzene rings is 1. The van der Waals surface area contributed by atoms with Gasteiger partial charge in [-0.2, -0.15) is 0 Å². The topological polar surface area (TPSA) is 75.7 Å². The Morgan fingerprint density at radius 1 is 1.21 bits per heavy atom. The summed E-state index contributed by atoms with van der Waals surface area (Å²) in [5.41, 5.74) is 2.12. The zero-order valence-corrected chi connectivity index (χ0v) is 14.6. The minimum Gasteiger partial charge on any atom is -0.459 e. The second kappa shape index (κ2) is 7.03. The van der Waals surface area contributed by atoms with E-state index in [1.807, 2.05) is 45.9 Å². The summed E-state index contributed by atoms with van der Waals surface area (Å²) in [6, 6.07) is 5.37.